The van der Waals surface area contributed by atoms with Crippen LogP contribution in [0.2, 0.25) is 0 Å². The summed E-state index contributed by atoms with van der Waals surface area (Å²) >= 11 is 0. The number of methoxy groups -OCH3 is 1. The van der Waals surface area contributed by atoms with Gasteiger partial charge in [0.2, 0.25) is 0 Å². The van der Waals surface area contributed by atoms with Crippen LogP contribution in [0.4, 0.5) is 5.69 Å². The molecule has 5 nitrogen and oxygen atoms in total. The Hall–Kier alpha value is -1.59. The van der Waals surface area contributed by atoms with Crippen LogP contribution in [0, 0.1) is 0 Å². The van der Waals surface area contributed by atoms with Crippen molar-refractivity contribution in [2.45, 2.75) is 25.9 Å². The third kappa shape index (κ3) is 3.45. The molecule has 2 unspecified atom stereocenters. The third-order valence-electron chi connectivity index (χ3n) is 3.09. The molecule has 5 heteroatoms. The molecule has 19 heavy (non-hydrogen) atoms. The van der Waals surface area contributed by atoms with Crippen LogP contribution in [0.5, 0.6) is 5.75 Å². The lowest BCUT2D eigenvalue weighted by molar-refractivity contribution is -0.118. The number of benzene rings is 1. The Bertz CT molecular complexity index is 462. The summed E-state index contributed by atoms with van der Waals surface area (Å²) in [5.74, 6) is 0.610. The summed E-state index contributed by atoms with van der Waals surface area (Å²) in [6.45, 7) is 4.91. The van der Waals surface area contributed by atoms with Gasteiger partial charge in [0.1, 0.15) is 5.75 Å². The monoisotopic (exact) mass is 264 g/mol. The summed E-state index contributed by atoms with van der Waals surface area (Å²) in [6.07, 6.45) is 0. The van der Waals surface area contributed by atoms with Crippen LogP contribution in [0.15, 0.2) is 18.2 Å². The van der Waals surface area contributed by atoms with Gasteiger partial charge in [-0.25, -0.2) is 0 Å². The molecule has 0 aliphatic carbocycles. The average molecular weight is 264 g/mol. The number of rotatable bonds is 5. The van der Waals surface area contributed by atoms with E-state index in [-0.39, 0.29) is 24.6 Å². The number of nitrogens with one attached hydrogen (secondary N) is 2. The van der Waals surface area contributed by atoms with E-state index in [9.17, 15) is 4.79 Å². The number of ether oxygens (including phenoxy) is 2. The predicted octanol–water partition coefficient (Wildman–Crippen LogP) is 1.70. The number of anilines is 1. The van der Waals surface area contributed by atoms with Crippen molar-refractivity contribution < 1.29 is 14.3 Å². The van der Waals surface area contributed by atoms with Gasteiger partial charge in [-0.1, -0.05) is 6.07 Å². The van der Waals surface area contributed by atoms with Gasteiger partial charge in [0.15, 0.2) is 6.61 Å². The molecule has 0 spiro atoms. The normalized spacial score (nSPS) is 17.1. The van der Waals surface area contributed by atoms with E-state index in [2.05, 4.69) is 24.5 Å². The lowest BCUT2D eigenvalue weighted by Crippen LogP contribution is -2.32. The zero-order valence-corrected chi connectivity index (χ0v) is 11.5. The summed E-state index contributed by atoms with van der Waals surface area (Å²) in [5.41, 5.74) is 1.84. The Morgan fingerprint density at radius 2 is 2.26 bits per heavy atom. The molecule has 1 aromatic carbocycles. The molecule has 1 aliphatic heterocycles. The molecule has 1 heterocycles. The zero-order valence-electron chi connectivity index (χ0n) is 11.5. The Kier molecular flexibility index (Phi) is 4.39. The van der Waals surface area contributed by atoms with Crippen LogP contribution in [0.1, 0.15) is 25.5 Å². The highest BCUT2D eigenvalue weighted by molar-refractivity contribution is 5.95. The van der Waals surface area contributed by atoms with Crippen molar-refractivity contribution in [2.24, 2.45) is 0 Å². The van der Waals surface area contributed by atoms with E-state index in [0.717, 1.165) is 17.0 Å². The fraction of sp³-hybridized carbons (Fsp3) is 0.500. The first-order chi connectivity index (χ1) is 9.10. The Labute approximate surface area is 113 Å². The number of carbonyl (C=O) groups excluding carboxylic acids is 1. The quantitative estimate of drug-likeness (QED) is 0.850. The van der Waals surface area contributed by atoms with Crippen LogP contribution in [0.25, 0.3) is 0 Å². The van der Waals surface area contributed by atoms with Crippen molar-refractivity contribution in [3.8, 4) is 5.75 Å². The van der Waals surface area contributed by atoms with Crippen LogP contribution in [-0.4, -0.2) is 32.3 Å². The molecule has 2 rings (SSSR count). The fourth-order valence-electron chi connectivity index (χ4n) is 2.19. The summed E-state index contributed by atoms with van der Waals surface area (Å²) in [5, 5.41) is 6.25. The third-order valence-corrected chi connectivity index (χ3v) is 3.09. The van der Waals surface area contributed by atoms with Gasteiger partial charge in [-0.2, -0.15) is 0 Å². The molecule has 1 aliphatic rings. The Morgan fingerprint density at radius 1 is 1.47 bits per heavy atom. The Morgan fingerprint density at radius 3 is 3.00 bits per heavy atom. The highest BCUT2D eigenvalue weighted by atomic mass is 16.5. The first-order valence-corrected chi connectivity index (χ1v) is 6.41. The highest BCUT2D eigenvalue weighted by Gasteiger charge is 2.17. The van der Waals surface area contributed by atoms with Crippen LogP contribution < -0.4 is 15.4 Å². The van der Waals surface area contributed by atoms with E-state index in [1.807, 2.05) is 18.2 Å². The highest BCUT2D eigenvalue weighted by Crippen LogP contribution is 2.30. The molecule has 104 valence electrons. The molecule has 0 radical (unpaired) electrons. The summed E-state index contributed by atoms with van der Waals surface area (Å²) in [4.78, 5) is 11.3. The van der Waals surface area contributed by atoms with Crippen molar-refractivity contribution in [1.29, 1.82) is 0 Å². The van der Waals surface area contributed by atoms with Crippen molar-refractivity contribution >= 4 is 11.6 Å². The minimum atomic E-state index is -0.113. The van der Waals surface area contributed by atoms with Gasteiger partial charge >= 0.3 is 0 Å². The van der Waals surface area contributed by atoms with Gasteiger partial charge in [0.25, 0.3) is 5.91 Å². The molecule has 2 N–H and O–H groups in total. The van der Waals surface area contributed by atoms with E-state index >= 15 is 0 Å². The standard InChI is InChI=1S/C14H20N2O3/c1-9(7-18-3)15-10(2)11-4-5-13-12(6-11)16-14(17)8-19-13/h4-6,9-10,15H,7-8H2,1-3H3,(H,16,17). The van der Waals surface area contributed by atoms with Gasteiger partial charge in [0, 0.05) is 19.2 Å². The largest absolute Gasteiger partial charge is 0.482 e. The van der Waals surface area contributed by atoms with E-state index < -0.39 is 0 Å². The SMILES string of the molecule is COCC(C)NC(C)c1ccc2c(c1)NC(=O)CO2. The molecule has 0 saturated heterocycles. The van der Waals surface area contributed by atoms with Gasteiger partial charge in [-0.05, 0) is 31.5 Å². The molecule has 0 saturated carbocycles. The van der Waals surface area contributed by atoms with E-state index in [1.165, 1.54) is 0 Å². The maximum absolute atomic E-state index is 11.3. The second kappa shape index (κ2) is 6.04. The Balaban J connectivity index is 2.08. The van der Waals surface area contributed by atoms with E-state index in [0.29, 0.717) is 6.61 Å². The minimum absolute atomic E-state index is 0.0883. The lowest BCUT2D eigenvalue weighted by atomic mass is 10.1. The van der Waals surface area contributed by atoms with Crippen LogP contribution >= 0.6 is 0 Å². The van der Waals surface area contributed by atoms with Crippen molar-refractivity contribution in [2.75, 3.05) is 25.6 Å². The van der Waals surface area contributed by atoms with Crippen LogP contribution in [-0.2, 0) is 9.53 Å². The molecule has 1 amide bonds. The first kappa shape index (κ1) is 13.8. The molecule has 0 fully saturated rings. The van der Waals surface area contributed by atoms with E-state index in [4.69, 9.17) is 9.47 Å². The number of amides is 1. The van der Waals surface area contributed by atoms with Crippen molar-refractivity contribution in [3.05, 3.63) is 23.8 Å². The zero-order chi connectivity index (χ0) is 13.8. The first-order valence-electron chi connectivity index (χ1n) is 6.41. The summed E-state index contributed by atoms with van der Waals surface area (Å²) < 4.78 is 10.4. The van der Waals surface area contributed by atoms with Crippen molar-refractivity contribution in [3.63, 3.8) is 0 Å². The number of fused-ring (bicyclic) bond motifs is 1. The maximum atomic E-state index is 11.3. The molecule has 0 bridgehead atoms. The molecule has 2 atom stereocenters. The minimum Gasteiger partial charge on any atom is -0.482 e. The molecule has 1 aromatic rings. The molecular formula is C14H20N2O3. The van der Waals surface area contributed by atoms with Gasteiger partial charge in [0.05, 0.1) is 12.3 Å². The topological polar surface area (TPSA) is 59.6 Å². The van der Waals surface area contributed by atoms with Crippen LogP contribution in [0.3, 0.4) is 0 Å². The second-order valence-electron chi connectivity index (χ2n) is 4.84. The number of hydrogen-bond acceptors (Lipinski definition) is 4. The van der Waals surface area contributed by atoms with Gasteiger partial charge in [-0.3, -0.25) is 4.79 Å². The number of carbonyl (C=O) groups is 1. The summed E-state index contributed by atoms with van der Waals surface area (Å²) in [7, 11) is 1.69. The summed E-state index contributed by atoms with van der Waals surface area (Å²) in [6, 6.07) is 6.29. The smallest absolute Gasteiger partial charge is 0.262 e. The lowest BCUT2D eigenvalue weighted by Gasteiger charge is -2.23. The number of hydrogen-bond donors (Lipinski definition) is 2. The molecular weight excluding hydrogens is 244 g/mol. The second-order valence-corrected chi connectivity index (χ2v) is 4.84. The predicted molar refractivity (Wildman–Crippen MR) is 73.5 cm³/mol. The fourth-order valence-corrected chi connectivity index (χ4v) is 2.19. The van der Waals surface area contributed by atoms with Gasteiger partial charge < -0.3 is 20.1 Å². The van der Waals surface area contributed by atoms with E-state index in [1.54, 1.807) is 7.11 Å². The maximum Gasteiger partial charge on any atom is 0.262 e. The van der Waals surface area contributed by atoms with Crippen molar-refractivity contribution in [1.82, 2.24) is 5.32 Å². The molecule has 0 aromatic heterocycles. The average Bonchev–Trinajstić information content (AvgIpc) is 2.38. The van der Waals surface area contributed by atoms with Gasteiger partial charge in [-0.15, -0.1) is 0 Å².